The number of aryl methyl sites for hydroxylation is 1. The Morgan fingerprint density at radius 1 is 0.865 bits per heavy atom. The topological polar surface area (TPSA) is 108 Å². The van der Waals surface area contributed by atoms with Crippen LogP contribution in [0.25, 0.3) is 0 Å². The molecule has 1 unspecified atom stereocenters. The molecule has 0 fully saturated rings. The molecular formula is C28H31NO7S. The van der Waals surface area contributed by atoms with Gasteiger partial charge in [0.2, 0.25) is 0 Å². The fourth-order valence-electron chi connectivity index (χ4n) is 3.27. The third kappa shape index (κ3) is 8.95. The molecule has 3 rings (SSSR count). The molecule has 0 bridgehead atoms. The Bertz CT molecular complexity index is 1300. The van der Waals surface area contributed by atoms with Gasteiger partial charge >= 0.3 is 22.2 Å². The molecule has 1 N–H and O–H groups in total. The lowest BCUT2D eigenvalue weighted by atomic mass is 10.1. The minimum Gasteiger partial charge on any atom is -0.459 e. The number of carbonyl (C=O) groups is 2. The number of amides is 1. The van der Waals surface area contributed by atoms with Crippen molar-refractivity contribution in [1.82, 2.24) is 5.32 Å². The van der Waals surface area contributed by atoms with Crippen LogP contribution in [-0.2, 0) is 37.4 Å². The van der Waals surface area contributed by atoms with Crippen molar-refractivity contribution in [3.05, 3.63) is 95.6 Å². The molecule has 0 radical (unpaired) electrons. The summed E-state index contributed by atoms with van der Waals surface area (Å²) in [6.07, 6.45) is -0.656. The lowest BCUT2D eigenvalue weighted by molar-refractivity contribution is -0.147. The summed E-state index contributed by atoms with van der Waals surface area (Å²) in [7, 11) is -3.99. The summed E-state index contributed by atoms with van der Waals surface area (Å²) in [5.74, 6) is -0.510. The molecular weight excluding hydrogens is 494 g/mol. The highest BCUT2D eigenvalue weighted by molar-refractivity contribution is 7.87. The third-order valence-corrected chi connectivity index (χ3v) is 6.34. The van der Waals surface area contributed by atoms with Crippen molar-refractivity contribution in [3.8, 4) is 5.75 Å². The molecule has 0 aliphatic heterocycles. The van der Waals surface area contributed by atoms with Gasteiger partial charge in [-0.3, -0.25) is 0 Å². The van der Waals surface area contributed by atoms with Gasteiger partial charge in [-0.15, -0.1) is 0 Å². The van der Waals surface area contributed by atoms with Gasteiger partial charge in [0.1, 0.15) is 28.9 Å². The van der Waals surface area contributed by atoms with Crippen LogP contribution < -0.4 is 9.50 Å². The van der Waals surface area contributed by atoms with Crippen LogP contribution >= 0.6 is 0 Å². The summed E-state index contributed by atoms with van der Waals surface area (Å²) < 4.78 is 41.0. The second-order valence-electron chi connectivity index (χ2n) is 9.49. The molecule has 0 saturated heterocycles. The van der Waals surface area contributed by atoms with E-state index in [9.17, 15) is 18.0 Å². The molecule has 37 heavy (non-hydrogen) atoms. The summed E-state index contributed by atoms with van der Waals surface area (Å²) in [5, 5.41) is 2.57. The van der Waals surface area contributed by atoms with Gasteiger partial charge < -0.3 is 19.0 Å². The second-order valence-corrected chi connectivity index (χ2v) is 11.0. The molecule has 9 heteroatoms. The van der Waals surface area contributed by atoms with Gasteiger partial charge in [0.05, 0.1) is 0 Å². The molecule has 0 aromatic heterocycles. The minimum absolute atomic E-state index is 0.0463. The van der Waals surface area contributed by atoms with E-state index in [0.717, 1.165) is 11.1 Å². The van der Waals surface area contributed by atoms with Crippen LogP contribution in [0.3, 0.4) is 0 Å². The Balaban J connectivity index is 1.70. The summed E-state index contributed by atoms with van der Waals surface area (Å²) >= 11 is 0. The van der Waals surface area contributed by atoms with E-state index in [1.807, 2.05) is 37.3 Å². The maximum atomic E-state index is 12.9. The van der Waals surface area contributed by atoms with Crippen molar-refractivity contribution in [1.29, 1.82) is 0 Å². The van der Waals surface area contributed by atoms with Crippen molar-refractivity contribution >= 4 is 22.2 Å². The van der Waals surface area contributed by atoms with Gasteiger partial charge in [-0.25, -0.2) is 9.59 Å². The zero-order valence-electron chi connectivity index (χ0n) is 21.3. The highest BCUT2D eigenvalue weighted by Gasteiger charge is 2.26. The minimum atomic E-state index is -3.99. The van der Waals surface area contributed by atoms with Crippen molar-refractivity contribution in [2.45, 2.75) is 57.3 Å². The van der Waals surface area contributed by atoms with Crippen molar-refractivity contribution in [2.75, 3.05) is 0 Å². The Labute approximate surface area is 217 Å². The lowest BCUT2D eigenvalue weighted by Gasteiger charge is -2.23. The van der Waals surface area contributed by atoms with Gasteiger partial charge in [-0.1, -0.05) is 60.2 Å². The number of benzene rings is 3. The number of hydrogen-bond acceptors (Lipinski definition) is 7. The summed E-state index contributed by atoms with van der Waals surface area (Å²) in [6, 6.07) is 20.7. The largest absolute Gasteiger partial charge is 0.459 e. The van der Waals surface area contributed by atoms with Gasteiger partial charge in [0.25, 0.3) is 0 Å². The number of alkyl carbamates (subject to hydrolysis) is 1. The Hall–Kier alpha value is -3.85. The number of nitrogens with one attached hydrogen (secondary N) is 1. The van der Waals surface area contributed by atoms with Gasteiger partial charge in [-0.2, -0.15) is 8.42 Å². The second kappa shape index (κ2) is 11.9. The van der Waals surface area contributed by atoms with Crippen molar-refractivity contribution in [3.63, 3.8) is 0 Å². The molecule has 0 aliphatic rings. The van der Waals surface area contributed by atoms with Crippen molar-refractivity contribution < 1.29 is 31.7 Å². The SMILES string of the molecule is Cc1ccc(S(=O)(=O)Oc2ccc(CC(NC(=O)OC(C)(C)C)C(=O)OCc3ccccc3)cc2)cc1. The zero-order valence-corrected chi connectivity index (χ0v) is 22.1. The fourth-order valence-corrected chi connectivity index (χ4v) is 4.20. The highest BCUT2D eigenvalue weighted by Crippen LogP contribution is 2.20. The zero-order chi connectivity index (χ0) is 27.1. The number of rotatable bonds is 9. The number of carbonyl (C=O) groups excluding carboxylic acids is 2. The average molecular weight is 526 g/mol. The van der Waals surface area contributed by atoms with E-state index in [-0.39, 0.29) is 23.7 Å². The molecule has 0 heterocycles. The number of hydrogen-bond donors (Lipinski definition) is 1. The molecule has 3 aromatic carbocycles. The standard InChI is InChI=1S/C28H31NO7S/c1-20-10-16-24(17-11-20)37(32,33)36-23-14-12-21(13-15-23)18-25(29-27(31)35-28(2,3)4)26(30)34-19-22-8-6-5-7-9-22/h5-17,25H,18-19H2,1-4H3,(H,29,31). The number of esters is 1. The molecule has 3 aromatic rings. The highest BCUT2D eigenvalue weighted by atomic mass is 32.2. The van der Waals surface area contributed by atoms with Gasteiger partial charge in [0.15, 0.2) is 0 Å². The van der Waals surface area contributed by atoms with E-state index in [2.05, 4.69) is 5.32 Å². The maximum absolute atomic E-state index is 12.9. The summed E-state index contributed by atoms with van der Waals surface area (Å²) in [5.41, 5.74) is 1.64. The Morgan fingerprint density at radius 2 is 1.49 bits per heavy atom. The molecule has 1 amide bonds. The first-order valence-corrected chi connectivity index (χ1v) is 13.1. The van der Waals surface area contributed by atoms with Crippen LogP contribution in [0.15, 0.2) is 83.8 Å². The summed E-state index contributed by atoms with van der Waals surface area (Å²) in [6.45, 7) is 7.07. The van der Waals surface area contributed by atoms with Crippen LogP contribution in [0.1, 0.15) is 37.5 Å². The van der Waals surface area contributed by atoms with E-state index in [1.54, 1.807) is 45.0 Å². The van der Waals surface area contributed by atoms with Crippen LogP contribution in [-0.4, -0.2) is 32.1 Å². The molecule has 196 valence electrons. The van der Waals surface area contributed by atoms with Gasteiger partial charge in [0, 0.05) is 6.42 Å². The molecule has 1 atom stereocenters. The third-order valence-electron chi connectivity index (χ3n) is 5.08. The van der Waals surface area contributed by atoms with E-state index in [0.29, 0.717) is 5.56 Å². The van der Waals surface area contributed by atoms with Crippen LogP contribution in [0.4, 0.5) is 4.79 Å². The Morgan fingerprint density at radius 3 is 2.08 bits per heavy atom. The number of ether oxygens (including phenoxy) is 2. The predicted molar refractivity (Wildman–Crippen MR) is 139 cm³/mol. The van der Waals surface area contributed by atoms with E-state index >= 15 is 0 Å². The van der Waals surface area contributed by atoms with Crippen LogP contribution in [0.2, 0.25) is 0 Å². The monoisotopic (exact) mass is 525 g/mol. The smallest absolute Gasteiger partial charge is 0.408 e. The predicted octanol–water partition coefficient (Wildman–Crippen LogP) is 4.94. The quantitative estimate of drug-likeness (QED) is 0.311. The van der Waals surface area contributed by atoms with Crippen LogP contribution in [0.5, 0.6) is 5.75 Å². The normalized spacial score (nSPS) is 12.3. The molecule has 8 nitrogen and oxygen atoms in total. The summed E-state index contributed by atoms with van der Waals surface area (Å²) in [4.78, 5) is 25.3. The van der Waals surface area contributed by atoms with E-state index in [1.165, 1.54) is 24.3 Å². The molecule has 0 spiro atoms. The fraction of sp³-hybridized carbons (Fsp3) is 0.286. The molecule has 0 aliphatic carbocycles. The van der Waals surface area contributed by atoms with E-state index in [4.69, 9.17) is 13.7 Å². The van der Waals surface area contributed by atoms with Gasteiger partial charge in [-0.05, 0) is 63.1 Å². The van der Waals surface area contributed by atoms with E-state index < -0.39 is 33.8 Å². The molecule has 0 saturated carbocycles. The van der Waals surface area contributed by atoms with Crippen molar-refractivity contribution in [2.24, 2.45) is 0 Å². The first kappa shape index (κ1) is 27.7. The first-order valence-electron chi connectivity index (χ1n) is 11.7. The maximum Gasteiger partial charge on any atom is 0.408 e. The van der Waals surface area contributed by atoms with Crippen LogP contribution in [0, 0.1) is 6.92 Å². The Kier molecular flexibility index (Phi) is 8.94. The first-order chi connectivity index (χ1) is 17.4. The average Bonchev–Trinajstić information content (AvgIpc) is 2.83. The lowest BCUT2D eigenvalue weighted by Crippen LogP contribution is -2.45.